The molecule has 0 radical (unpaired) electrons. The molecule has 9 heteroatoms. The maximum atomic E-state index is 12.8. The maximum Gasteiger partial charge on any atom is 0.306 e. The quantitative estimate of drug-likeness (QED) is 0.0196. The van der Waals surface area contributed by atoms with Gasteiger partial charge in [-0.2, -0.15) is 0 Å². The van der Waals surface area contributed by atoms with Crippen LogP contribution in [0.1, 0.15) is 200 Å². The molecule has 0 aromatic carbocycles. The lowest BCUT2D eigenvalue weighted by atomic mass is 10.0. The number of carboxylic acid groups (broad SMARTS) is 1. The van der Waals surface area contributed by atoms with Crippen LogP contribution in [-0.2, 0) is 33.3 Å². The Morgan fingerprint density at radius 2 is 0.919 bits per heavy atom. The first-order valence-corrected chi connectivity index (χ1v) is 24.9. The van der Waals surface area contributed by atoms with Crippen LogP contribution in [0.3, 0.4) is 0 Å². The second-order valence-corrected chi connectivity index (χ2v) is 17.7. The van der Waals surface area contributed by atoms with Gasteiger partial charge in [0.05, 0.1) is 40.3 Å². The van der Waals surface area contributed by atoms with Crippen molar-refractivity contribution < 1.29 is 42.9 Å². The van der Waals surface area contributed by atoms with Crippen LogP contribution in [0.2, 0.25) is 0 Å². The number of ether oxygens (including phenoxy) is 4. The lowest BCUT2D eigenvalue weighted by Gasteiger charge is -2.26. The van der Waals surface area contributed by atoms with Gasteiger partial charge in [0.15, 0.2) is 12.4 Å². The van der Waals surface area contributed by atoms with Gasteiger partial charge in [-0.1, -0.05) is 171 Å². The number of esters is 2. The predicted molar refractivity (Wildman–Crippen MR) is 255 cm³/mol. The number of aliphatic carboxylic acids is 1. The molecule has 0 bridgehead atoms. The molecule has 62 heavy (non-hydrogen) atoms. The molecule has 9 nitrogen and oxygen atoms in total. The van der Waals surface area contributed by atoms with Gasteiger partial charge in [-0.15, -0.1) is 0 Å². The highest BCUT2D eigenvalue weighted by molar-refractivity contribution is 5.70. The Labute approximate surface area is 380 Å². The van der Waals surface area contributed by atoms with E-state index in [9.17, 15) is 19.5 Å². The van der Waals surface area contributed by atoms with Gasteiger partial charge < -0.3 is 33.3 Å². The summed E-state index contributed by atoms with van der Waals surface area (Å²) >= 11 is 0. The van der Waals surface area contributed by atoms with E-state index in [2.05, 4.69) is 74.6 Å². The van der Waals surface area contributed by atoms with Gasteiger partial charge in [0.2, 0.25) is 0 Å². The fraction of sp³-hybridized carbons (Fsp3) is 0.755. The van der Waals surface area contributed by atoms with Crippen LogP contribution in [0.4, 0.5) is 0 Å². The topological polar surface area (TPSA) is 111 Å². The molecule has 2 unspecified atom stereocenters. The van der Waals surface area contributed by atoms with Crippen LogP contribution in [0.5, 0.6) is 0 Å². The third-order valence-corrected chi connectivity index (χ3v) is 10.5. The van der Waals surface area contributed by atoms with Crippen molar-refractivity contribution in [3.63, 3.8) is 0 Å². The molecule has 0 aliphatic heterocycles. The second kappa shape index (κ2) is 44.6. The summed E-state index contributed by atoms with van der Waals surface area (Å²) in [4.78, 5) is 37.1. The number of likely N-dealkylation sites (N-methyl/N-ethyl adjacent to an activating group) is 1. The highest BCUT2D eigenvalue weighted by Crippen LogP contribution is 2.14. The van der Waals surface area contributed by atoms with Crippen molar-refractivity contribution >= 4 is 17.9 Å². The SMILES string of the molecule is CC/C=C\C/C=C\C/C=C\C/C=C\CCCCCCCCCCCCC(=O)OC(COC(=O)CCCCCCC/C=C\CCCCCCC)COC(OCC[N+](C)(C)C)C(=O)[O-]. The first-order valence-electron chi connectivity index (χ1n) is 24.9. The van der Waals surface area contributed by atoms with Crippen molar-refractivity contribution in [2.24, 2.45) is 0 Å². The van der Waals surface area contributed by atoms with Crippen LogP contribution >= 0.6 is 0 Å². The number of hydrogen-bond donors (Lipinski definition) is 0. The minimum Gasteiger partial charge on any atom is -0.545 e. The average molecular weight is 872 g/mol. The van der Waals surface area contributed by atoms with E-state index in [-0.39, 0.29) is 38.6 Å². The first kappa shape index (κ1) is 59.0. The van der Waals surface area contributed by atoms with Crippen LogP contribution in [0, 0.1) is 0 Å². The summed E-state index contributed by atoms with van der Waals surface area (Å²) in [6.07, 6.45) is 51.1. The Morgan fingerprint density at radius 3 is 1.39 bits per heavy atom. The Bertz CT molecular complexity index is 1200. The minimum absolute atomic E-state index is 0.144. The number of carbonyl (C=O) groups excluding carboxylic acids is 3. The molecule has 0 aromatic rings. The summed E-state index contributed by atoms with van der Waals surface area (Å²) in [6.45, 7) is 4.60. The smallest absolute Gasteiger partial charge is 0.306 e. The predicted octanol–water partition coefficient (Wildman–Crippen LogP) is 12.4. The van der Waals surface area contributed by atoms with Crippen LogP contribution < -0.4 is 5.11 Å². The molecule has 0 aliphatic carbocycles. The number of quaternary nitrogens is 1. The van der Waals surface area contributed by atoms with E-state index in [0.29, 0.717) is 17.4 Å². The van der Waals surface area contributed by atoms with E-state index in [1.165, 1.54) is 77.0 Å². The number of carboxylic acids is 1. The lowest BCUT2D eigenvalue weighted by molar-refractivity contribution is -0.870. The standard InChI is InChI=1S/C53H93NO8/c1-6-8-10-12-14-16-18-20-22-23-24-25-26-27-28-29-30-32-34-36-38-40-42-44-51(56)62-49(48-61-53(52(57)58)59-46-45-54(3,4)5)47-60-50(55)43-41-39-37-35-33-31-21-19-17-15-13-11-9-7-2/h8,10,14,16,19-22,24-25,49,53H,6-7,9,11-13,15,17-18,23,26-48H2,1-5H3/b10-8-,16-14-,21-19-,22-20-,25-24-. The normalized spacial score (nSPS) is 13.4. The molecule has 0 rings (SSSR count). The van der Waals surface area contributed by atoms with Gasteiger partial charge >= 0.3 is 11.9 Å². The summed E-state index contributed by atoms with van der Waals surface area (Å²) in [5.74, 6) is -2.30. The Hall–Kier alpha value is -3.01. The van der Waals surface area contributed by atoms with Gasteiger partial charge in [-0.3, -0.25) is 9.59 Å². The van der Waals surface area contributed by atoms with Crippen molar-refractivity contribution in [2.75, 3.05) is 47.5 Å². The average Bonchev–Trinajstić information content (AvgIpc) is 3.23. The highest BCUT2D eigenvalue weighted by Gasteiger charge is 2.21. The zero-order chi connectivity index (χ0) is 45.6. The van der Waals surface area contributed by atoms with Gasteiger partial charge in [0.1, 0.15) is 13.2 Å². The van der Waals surface area contributed by atoms with Gasteiger partial charge in [-0.25, -0.2) is 0 Å². The molecular weight excluding hydrogens is 779 g/mol. The Kier molecular flexibility index (Phi) is 42.4. The summed E-state index contributed by atoms with van der Waals surface area (Å²) in [5.41, 5.74) is 0. The van der Waals surface area contributed by atoms with Crippen LogP contribution in [0.15, 0.2) is 60.8 Å². The molecule has 0 saturated heterocycles. The highest BCUT2D eigenvalue weighted by atomic mass is 16.7. The second-order valence-electron chi connectivity index (χ2n) is 17.7. The van der Waals surface area contributed by atoms with Crippen LogP contribution in [0.25, 0.3) is 0 Å². The van der Waals surface area contributed by atoms with E-state index in [1.54, 1.807) is 0 Å². The summed E-state index contributed by atoms with van der Waals surface area (Å²) in [7, 11) is 5.91. The van der Waals surface area contributed by atoms with Crippen molar-refractivity contribution in [2.45, 2.75) is 212 Å². The molecule has 0 aliphatic rings. The Balaban J connectivity index is 4.35. The number of allylic oxidation sites excluding steroid dienone is 10. The van der Waals surface area contributed by atoms with Crippen LogP contribution in [-0.4, -0.2) is 82.3 Å². The summed E-state index contributed by atoms with van der Waals surface area (Å²) in [6, 6.07) is 0. The number of rotatable bonds is 45. The molecule has 0 saturated carbocycles. The largest absolute Gasteiger partial charge is 0.545 e. The van der Waals surface area contributed by atoms with Crippen molar-refractivity contribution in [3.05, 3.63) is 60.8 Å². The lowest BCUT2D eigenvalue weighted by Crippen LogP contribution is -2.44. The molecule has 358 valence electrons. The molecule has 0 heterocycles. The monoisotopic (exact) mass is 872 g/mol. The van der Waals surface area contributed by atoms with Crippen molar-refractivity contribution in [1.82, 2.24) is 0 Å². The third-order valence-electron chi connectivity index (χ3n) is 10.5. The van der Waals surface area contributed by atoms with E-state index < -0.39 is 24.3 Å². The molecule has 2 atom stereocenters. The fourth-order valence-corrected chi connectivity index (χ4v) is 6.64. The van der Waals surface area contributed by atoms with E-state index >= 15 is 0 Å². The number of unbranched alkanes of at least 4 members (excludes halogenated alkanes) is 20. The van der Waals surface area contributed by atoms with Crippen molar-refractivity contribution in [3.8, 4) is 0 Å². The molecule has 0 N–H and O–H groups in total. The summed E-state index contributed by atoms with van der Waals surface area (Å²) < 4.78 is 22.6. The molecule has 0 amide bonds. The minimum atomic E-state index is -1.62. The number of hydrogen-bond acceptors (Lipinski definition) is 8. The van der Waals surface area contributed by atoms with Gasteiger partial charge in [0, 0.05) is 12.8 Å². The zero-order valence-corrected chi connectivity index (χ0v) is 40.5. The first-order chi connectivity index (χ1) is 30.1. The molecule has 0 spiro atoms. The molecule has 0 aromatic heterocycles. The van der Waals surface area contributed by atoms with E-state index in [4.69, 9.17) is 18.9 Å². The fourth-order valence-electron chi connectivity index (χ4n) is 6.64. The molecule has 0 fully saturated rings. The summed E-state index contributed by atoms with van der Waals surface area (Å²) in [5, 5.41) is 11.7. The number of nitrogens with zero attached hydrogens (tertiary/aromatic N) is 1. The van der Waals surface area contributed by atoms with Gasteiger partial charge in [0.25, 0.3) is 0 Å². The van der Waals surface area contributed by atoms with E-state index in [0.717, 1.165) is 89.9 Å². The van der Waals surface area contributed by atoms with E-state index in [1.807, 2.05) is 21.1 Å². The van der Waals surface area contributed by atoms with Gasteiger partial charge in [-0.05, 0) is 77.0 Å². The Morgan fingerprint density at radius 1 is 0.500 bits per heavy atom. The van der Waals surface area contributed by atoms with Crippen molar-refractivity contribution in [1.29, 1.82) is 0 Å². The maximum absolute atomic E-state index is 12.8. The zero-order valence-electron chi connectivity index (χ0n) is 40.5. The molecular formula is C53H93NO8. The third kappa shape index (κ3) is 45.0. The number of carbonyl (C=O) groups is 3.